The molecule has 1 aliphatic heterocycles. The molecule has 1 fully saturated rings. The van der Waals surface area contributed by atoms with E-state index in [4.69, 9.17) is 4.42 Å². The summed E-state index contributed by atoms with van der Waals surface area (Å²) in [6.45, 7) is 3.80. The van der Waals surface area contributed by atoms with E-state index in [2.05, 4.69) is 50.9 Å². The molecule has 1 atom stereocenters. The molecule has 1 saturated heterocycles. The molecule has 1 aromatic heterocycles. The van der Waals surface area contributed by atoms with Crippen molar-refractivity contribution >= 4 is 5.96 Å². The van der Waals surface area contributed by atoms with Gasteiger partial charge in [-0.3, -0.25) is 9.89 Å². The standard InChI is InChI=1S/C20H28N4O/c1-21-20(22-15-17-9-4-2-5-10-17)23-16-18(19-11-8-14-25-19)24-12-6-3-7-13-24/h2,4-5,8-11,14,18H,3,6-7,12-13,15-16H2,1H3,(H2,21,22,23). The summed E-state index contributed by atoms with van der Waals surface area (Å²) in [5.74, 6) is 1.84. The largest absolute Gasteiger partial charge is 0.468 e. The smallest absolute Gasteiger partial charge is 0.191 e. The second kappa shape index (κ2) is 9.28. The van der Waals surface area contributed by atoms with Crippen LogP contribution in [0.1, 0.15) is 36.6 Å². The molecular formula is C20H28N4O. The summed E-state index contributed by atoms with van der Waals surface area (Å²) in [6.07, 6.45) is 5.61. The van der Waals surface area contributed by atoms with E-state index in [9.17, 15) is 0 Å². The average molecular weight is 340 g/mol. The minimum absolute atomic E-state index is 0.241. The highest BCUT2D eigenvalue weighted by molar-refractivity contribution is 5.79. The van der Waals surface area contributed by atoms with Crippen LogP contribution >= 0.6 is 0 Å². The molecule has 0 spiro atoms. The number of furan rings is 1. The first-order valence-corrected chi connectivity index (χ1v) is 9.12. The third-order valence-electron chi connectivity index (χ3n) is 4.69. The highest BCUT2D eigenvalue weighted by atomic mass is 16.3. The van der Waals surface area contributed by atoms with E-state index < -0.39 is 0 Å². The van der Waals surface area contributed by atoms with E-state index in [0.29, 0.717) is 0 Å². The number of nitrogens with one attached hydrogen (secondary N) is 2. The molecule has 0 amide bonds. The van der Waals surface area contributed by atoms with Crippen molar-refractivity contribution in [2.24, 2.45) is 4.99 Å². The van der Waals surface area contributed by atoms with Crippen molar-refractivity contribution in [2.45, 2.75) is 31.8 Å². The third kappa shape index (κ3) is 5.10. The lowest BCUT2D eigenvalue weighted by Gasteiger charge is -2.33. The van der Waals surface area contributed by atoms with Crippen molar-refractivity contribution in [1.29, 1.82) is 0 Å². The van der Waals surface area contributed by atoms with E-state index in [-0.39, 0.29) is 6.04 Å². The molecule has 2 heterocycles. The van der Waals surface area contributed by atoms with Crippen molar-refractivity contribution < 1.29 is 4.42 Å². The Morgan fingerprint density at radius 1 is 1.08 bits per heavy atom. The molecule has 3 rings (SSSR count). The van der Waals surface area contributed by atoms with Gasteiger partial charge in [0.2, 0.25) is 0 Å². The maximum absolute atomic E-state index is 5.70. The van der Waals surface area contributed by atoms with Crippen LogP contribution in [0.3, 0.4) is 0 Å². The van der Waals surface area contributed by atoms with Gasteiger partial charge in [0.25, 0.3) is 0 Å². The molecule has 1 unspecified atom stereocenters. The highest BCUT2D eigenvalue weighted by Gasteiger charge is 2.24. The zero-order valence-electron chi connectivity index (χ0n) is 14.9. The normalized spacial score (nSPS) is 17.2. The van der Waals surface area contributed by atoms with Crippen LogP contribution in [0.4, 0.5) is 0 Å². The Morgan fingerprint density at radius 3 is 2.56 bits per heavy atom. The zero-order valence-corrected chi connectivity index (χ0v) is 14.9. The maximum atomic E-state index is 5.70. The summed E-state index contributed by atoms with van der Waals surface area (Å²) < 4.78 is 5.70. The van der Waals surface area contributed by atoms with E-state index >= 15 is 0 Å². The molecule has 5 nitrogen and oxygen atoms in total. The summed E-state index contributed by atoms with van der Waals surface area (Å²) in [4.78, 5) is 6.86. The first kappa shape index (κ1) is 17.5. The lowest BCUT2D eigenvalue weighted by Crippen LogP contribution is -2.44. The van der Waals surface area contributed by atoms with Crippen LogP contribution in [0.2, 0.25) is 0 Å². The molecular weight excluding hydrogens is 312 g/mol. The van der Waals surface area contributed by atoms with Gasteiger partial charge in [0.05, 0.1) is 12.3 Å². The number of likely N-dealkylation sites (tertiary alicyclic amines) is 1. The fourth-order valence-corrected chi connectivity index (χ4v) is 3.32. The van der Waals surface area contributed by atoms with Crippen LogP contribution in [0.15, 0.2) is 58.1 Å². The number of piperidine rings is 1. The lowest BCUT2D eigenvalue weighted by molar-refractivity contribution is 0.146. The predicted octanol–water partition coefficient (Wildman–Crippen LogP) is 3.17. The Labute approximate surface area is 150 Å². The Morgan fingerprint density at radius 2 is 1.88 bits per heavy atom. The number of rotatable bonds is 6. The second-order valence-corrected chi connectivity index (χ2v) is 6.42. The molecule has 2 aromatic rings. The topological polar surface area (TPSA) is 52.8 Å². The second-order valence-electron chi connectivity index (χ2n) is 6.42. The Bertz CT molecular complexity index is 633. The number of benzene rings is 1. The van der Waals surface area contributed by atoms with E-state index in [1.54, 1.807) is 6.26 Å². The van der Waals surface area contributed by atoms with Crippen LogP contribution in [0.5, 0.6) is 0 Å². The van der Waals surface area contributed by atoms with E-state index in [1.165, 1.54) is 24.8 Å². The molecule has 2 N–H and O–H groups in total. The summed E-state index contributed by atoms with van der Waals surface area (Å²) in [6, 6.07) is 14.6. The van der Waals surface area contributed by atoms with Crippen molar-refractivity contribution in [3.05, 3.63) is 60.1 Å². The number of hydrogen-bond acceptors (Lipinski definition) is 3. The van der Waals surface area contributed by atoms with E-state index in [0.717, 1.165) is 37.9 Å². The average Bonchev–Trinajstić information content (AvgIpc) is 3.20. The summed E-state index contributed by atoms with van der Waals surface area (Å²) >= 11 is 0. The van der Waals surface area contributed by atoms with Gasteiger partial charge in [-0.15, -0.1) is 0 Å². The van der Waals surface area contributed by atoms with Gasteiger partial charge < -0.3 is 15.1 Å². The number of nitrogens with zero attached hydrogens (tertiary/aromatic N) is 2. The van der Waals surface area contributed by atoms with Gasteiger partial charge in [-0.1, -0.05) is 36.8 Å². The zero-order chi connectivity index (χ0) is 17.3. The molecule has 25 heavy (non-hydrogen) atoms. The van der Waals surface area contributed by atoms with Gasteiger partial charge in [-0.25, -0.2) is 0 Å². The van der Waals surface area contributed by atoms with Gasteiger partial charge in [-0.2, -0.15) is 0 Å². The monoisotopic (exact) mass is 340 g/mol. The SMILES string of the molecule is CN=C(NCc1ccccc1)NCC(c1ccco1)N1CCCCC1. The minimum atomic E-state index is 0.241. The third-order valence-corrected chi connectivity index (χ3v) is 4.69. The van der Waals surface area contributed by atoms with Gasteiger partial charge in [0.15, 0.2) is 5.96 Å². The van der Waals surface area contributed by atoms with Gasteiger partial charge >= 0.3 is 0 Å². The maximum Gasteiger partial charge on any atom is 0.191 e. The fourth-order valence-electron chi connectivity index (χ4n) is 3.32. The van der Waals surface area contributed by atoms with Crippen LogP contribution in [-0.2, 0) is 6.54 Å². The van der Waals surface area contributed by atoms with Crippen molar-refractivity contribution in [2.75, 3.05) is 26.7 Å². The molecule has 0 aliphatic carbocycles. The number of aliphatic imine (C=N–C) groups is 1. The van der Waals surface area contributed by atoms with Crippen LogP contribution < -0.4 is 10.6 Å². The highest BCUT2D eigenvalue weighted by Crippen LogP contribution is 2.24. The van der Waals surface area contributed by atoms with Gasteiger partial charge in [0, 0.05) is 20.1 Å². The fraction of sp³-hybridized carbons (Fsp3) is 0.450. The lowest BCUT2D eigenvalue weighted by atomic mass is 10.1. The first-order valence-electron chi connectivity index (χ1n) is 9.12. The van der Waals surface area contributed by atoms with Crippen molar-refractivity contribution in [1.82, 2.24) is 15.5 Å². The molecule has 5 heteroatoms. The Kier molecular flexibility index (Phi) is 6.51. The molecule has 0 bridgehead atoms. The molecule has 134 valence electrons. The van der Waals surface area contributed by atoms with Gasteiger partial charge in [0.1, 0.15) is 5.76 Å². The first-order chi connectivity index (χ1) is 12.4. The van der Waals surface area contributed by atoms with Crippen molar-refractivity contribution in [3.8, 4) is 0 Å². The molecule has 1 aliphatic rings. The van der Waals surface area contributed by atoms with Crippen LogP contribution in [0, 0.1) is 0 Å². The number of hydrogen-bond donors (Lipinski definition) is 2. The quantitative estimate of drug-likeness (QED) is 0.626. The Balaban J connectivity index is 1.57. The molecule has 1 aromatic carbocycles. The number of guanidine groups is 1. The summed E-state index contributed by atoms with van der Waals surface area (Å²) in [5, 5.41) is 6.84. The molecule has 0 radical (unpaired) electrons. The van der Waals surface area contributed by atoms with E-state index in [1.807, 2.05) is 19.2 Å². The summed E-state index contributed by atoms with van der Waals surface area (Å²) in [7, 11) is 1.81. The molecule has 0 saturated carbocycles. The van der Waals surface area contributed by atoms with Crippen LogP contribution in [-0.4, -0.2) is 37.5 Å². The van der Waals surface area contributed by atoms with Gasteiger partial charge in [-0.05, 0) is 43.6 Å². The van der Waals surface area contributed by atoms with Crippen LogP contribution in [0.25, 0.3) is 0 Å². The van der Waals surface area contributed by atoms with Crippen molar-refractivity contribution in [3.63, 3.8) is 0 Å². The minimum Gasteiger partial charge on any atom is -0.468 e. The Hall–Kier alpha value is -2.27. The summed E-state index contributed by atoms with van der Waals surface area (Å²) in [5.41, 5.74) is 1.24. The predicted molar refractivity (Wildman–Crippen MR) is 102 cm³/mol.